The number of primary amides is 1. The number of hydrogen-bond donors (Lipinski definition) is 2. The van der Waals surface area contributed by atoms with Crippen molar-refractivity contribution in [2.75, 3.05) is 5.32 Å². The van der Waals surface area contributed by atoms with Gasteiger partial charge in [-0.25, -0.2) is 0 Å². The first-order valence-corrected chi connectivity index (χ1v) is 11.0. The number of nitrogens with zero attached hydrogens (tertiary/aromatic N) is 1. The average Bonchev–Trinajstić information content (AvgIpc) is 2.91. The van der Waals surface area contributed by atoms with Gasteiger partial charge in [-0.1, -0.05) is 41.4 Å². The second-order valence-electron chi connectivity index (χ2n) is 8.29. The lowest BCUT2D eigenvalue weighted by Gasteiger charge is -2.40. The van der Waals surface area contributed by atoms with Gasteiger partial charge in [0.2, 0.25) is 11.8 Å². The largest absolute Gasteiger partial charge is 0.369 e. The van der Waals surface area contributed by atoms with Gasteiger partial charge in [0.15, 0.2) is 0 Å². The first-order chi connectivity index (χ1) is 14.4. The molecule has 2 heterocycles. The lowest BCUT2D eigenvalue weighted by atomic mass is 9.79. The molecular formula is C23H25Cl2N3O2. The van der Waals surface area contributed by atoms with Crippen LogP contribution in [0.25, 0.3) is 0 Å². The van der Waals surface area contributed by atoms with E-state index in [2.05, 4.69) is 22.3 Å². The van der Waals surface area contributed by atoms with Gasteiger partial charge in [0.05, 0.1) is 0 Å². The zero-order valence-electron chi connectivity index (χ0n) is 16.6. The van der Waals surface area contributed by atoms with Crippen LogP contribution in [0, 0.1) is 11.8 Å². The van der Waals surface area contributed by atoms with Crippen LogP contribution in [0.5, 0.6) is 0 Å². The predicted octanol–water partition coefficient (Wildman–Crippen LogP) is 4.48. The molecule has 2 aliphatic rings. The molecule has 2 saturated heterocycles. The van der Waals surface area contributed by atoms with Gasteiger partial charge in [-0.15, -0.1) is 0 Å². The molecular weight excluding hydrogens is 421 g/mol. The molecule has 2 bridgehead atoms. The van der Waals surface area contributed by atoms with Crippen molar-refractivity contribution in [2.24, 2.45) is 17.6 Å². The molecule has 2 unspecified atom stereocenters. The predicted molar refractivity (Wildman–Crippen MR) is 119 cm³/mol. The maximum absolute atomic E-state index is 12.9. The fraction of sp³-hybridized carbons (Fsp3) is 0.391. The second kappa shape index (κ2) is 8.96. The summed E-state index contributed by atoms with van der Waals surface area (Å²) in [5.41, 5.74) is 7.48. The monoisotopic (exact) mass is 445 g/mol. The molecule has 2 aromatic carbocycles. The molecule has 2 amide bonds. The van der Waals surface area contributed by atoms with Gasteiger partial charge in [-0.05, 0) is 67.5 Å². The highest BCUT2D eigenvalue weighted by atomic mass is 35.5. The Morgan fingerprint density at radius 3 is 2.30 bits per heavy atom. The number of halogens is 2. The summed E-state index contributed by atoms with van der Waals surface area (Å²) in [5, 5.41) is 4.07. The number of nitrogens with two attached hydrogens (primary N) is 1. The Hall–Kier alpha value is -2.08. The SMILES string of the molecule is NC(=O)C(C(=O)Nc1cccc(Cl)c1)C1C[C@H]2CC[C@@H](C1)N2Cc1ccc(Cl)cc1. The van der Waals surface area contributed by atoms with Gasteiger partial charge in [0.25, 0.3) is 0 Å². The van der Waals surface area contributed by atoms with E-state index in [-0.39, 0.29) is 11.8 Å². The quantitative estimate of drug-likeness (QED) is 0.643. The molecule has 4 atom stereocenters. The van der Waals surface area contributed by atoms with Gasteiger partial charge in [0.1, 0.15) is 5.92 Å². The third kappa shape index (κ3) is 4.64. The third-order valence-electron chi connectivity index (χ3n) is 6.35. The Bertz CT molecular complexity index is 920. The van der Waals surface area contributed by atoms with Gasteiger partial charge in [0, 0.05) is 34.4 Å². The second-order valence-corrected chi connectivity index (χ2v) is 9.17. The van der Waals surface area contributed by atoms with Crippen molar-refractivity contribution in [3.8, 4) is 0 Å². The topological polar surface area (TPSA) is 75.4 Å². The van der Waals surface area contributed by atoms with Crippen LogP contribution in [0.4, 0.5) is 5.69 Å². The highest BCUT2D eigenvalue weighted by molar-refractivity contribution is 6.31. The number of piperidine rings is 1. The van der Waals surface area contributed by atoms with Crippen molar-refractivity contribution in [1.82, 2.24) is 4.90 Å². The van der Waals surface area contributed by atoms with Crippen molar-refractivity contribution in [1.29, 1.82) is 0 Å². The lowest BCUT2D eigenvalue weighted by Crippen LogP contribution is -2.48. The maximum atomic E-state index is 12.9. The Kier molecular flexibility index (Phi) is 6.32. The van der Waals surface area contributed by atoms with E-state index >= 15 is 0 Å². The lowest BCUT2D eigenvalue weighted by molar-refractivity contribution is -0.134. The minimum Gasteiger partial charge on any atom is -0.369 e. The van der Waals surface area contributed by atoms with Crippen molar-refractivity contribution in [2.45, 2.75) is 44.3 Å². The number of nitrogens with one attached hydrogen (secondary N) is 1. The molecule has 2 aliphatic heterocycles. The Morgan fingerprint density at radius 2 is 1.70 bits per heavy atom. The van der Waals surface area contributed by atoms with E-state index in [1.807, 2.05) is 12.1 Å². The summed E-state index contributed by atoms with van der Waals surface area (Å²) >= 11 is 12.0. The standard InChI is InChI=1S/C23H25Cl2N3O2/c24-16-6-4-14(5-7-16)13-28-19-8-9-20(28)11-15(10-19)21(22(26)29)23(30)27-18-3-1-2-17(25)12-18/h1-7,12,15,19-21H,8-11,13H2,(H2,26,29)(H,27,30)/t15?,19-,20+,21?. The van der Waals surface area contributed by atoms with Gasteiger partial charge in [-0.3, -0.25) is 14.5 Å². The first kappa shape index (κ1) is 21.2. The highest BCUT2D eigenvalue weighted by Crippen LogP contribution is 2.42. The van der Waals surface area contributed by atoms with Gasteiger partial charge < -0.3 is 11.1 Å². The van der Waals surface area contributed by atoms with Crippen LogP contribution in [0.15, 0.2) is 48.5 Å². The summed E-state index contributed by atoms with van der Waals surface area (Å²) in [7, 11) is 0. The molecule has 0 spiro atoms. The number of benzene rings is 2. The van der Waals surface area contributed by atoms with Crippen molar-refractivity contribution in [3.63, 3.8) is 0 Å². The normalized spacial score (nSPS) is 24.4. The Balaban J connectivity index is 1.45. The van der Waals surface area contributed by atoms with Gasteiger partial charge in [-0.2, -0.15) is 0 Å². The molecule has 2 fully saturated rings. The summed E-state index contributed by atoms with van der Waals surface area (Å²) in [4.78, 5) is 27.7. The third-order valence-corrected chi connectivity index (χ3v) is 6.84. The van der Waals surface area contributed by atoms with Crippen LogP contribution in [-0.2, 0) is 16.1 Å². The number of amides is 2. The van der Waals surface area contributed by atoms with E-state index in [0.717, 1.165) is 37.3 Å². The minimum absolute atomic E-state index is 0.0550. The maximum Gasteiger partial charge on any atom is 0.237 e. The number of fused-ring (bicyclic) bond motifs is 2. The van der Waals surface area contributed by atoms with Crippen molar-refractivity contribution in [3.05, 3.63) is 64.1 Å². The van der Waals surface area contributed by atoms with Crippen LogP contribution >= 0.6 is 23.2 Å². The number of carbonyl (C=O) groups is 2. The molecule has 158 valence electrons. The number of hydrogen-bond acceptors (Lipinski definition) is 3. The molecule has 4 rings (SSSR count). The van der Waals surface area contributed by atoms with E-state index in [1.165, 1.54) is 5.56 Å². The first-order valence-electron chi connectivity index (χ1n) is 10.3. The minimum atomic E-state index is -0.843. The molecule has 0 saturated carbocycles. The van der Waals surface area contributed by atoms with E-state index in [0.29, 0.717) is 22.8 Å². The van der Waals surface area contributed by atoms with Crippen LogP contribution in [0.2, 0.25) is 10.0 Å². The summed E-state index contributed by atoms with van der Waals surface area (Å²) in [6.45, 7) is 0.856. The molecule has 0 aliphatic carbocycles. The smallest absolute Gasteiger partial charge is 0.237 e. The zero-order valence-corrected chi connectivity index (χ0v) is 18.1. The molecule has 5 nitrogen and oxygen atoms in total. The zero-order chi connectivity index (χ0) is 21.3. The van der Waals surface area contributed by atoms with Crippen molar-refractivity contribution < 1.29 is 9.59 Å². The summed E-state index contributed by atoms with van der Waals surface area (Å²) in [6.07, 6.45) is 3.74. The van der Waals surface area contributed by atoms with E-state index < -0.39 is 11.8 Å². The van der Waals surface area contributed by atoms with Crippen LogP contribution in [0.1, 0.15) is 31.2 Å². The van der Waals surface area contributed by atoms with Crippen LogP contribution in [-0.4, -0.2) is 28.8 Å². The molecule has 0 radical (unpaired) electrons. The van der Waals surface area contributed by atoms with Crippen molar-refractivity contribution >= 4 is 40.7 Å². The van der Waals surface area contributed by atoms with Gasteiger partial charge >= 0.3 is 0 Å². The molecule has 3 N–H and O–H groups in total. The molecule has 2 aromatic rings. The number of rotatable bonds is 6. The number of carbonyl (C=O) groups excluding carboxylic acids is 2. The summed E-state index contributed by atoms with van der Waals surface area (Å²) in [5.74, 6) is -1.81. The number of anilines is 1. The Labute approximate surface area is 186 Å². The van der Waals surface area contributed by atoms with E-state index in [4.69, 9.17) is 28.9 Å². The van der Waals surface area contributed by atoms with Crippen LogP contribution < -0.4 is 11.1 Å². The average molecular weight is 446 g/mol. The highest BCUT2D eigenvalue weighted by Gasteiger charge is 2.46. The summed E-state index contributed by atoms with van der Waals surface area (Å²) in [6, 6.07) is 15.5. The molecule has 7 heteroatoms. The van der Waals surface area contributed by atoms with E-state index in [9.17, 15) is 9.59 Å². The summed E-state index contributed by atoms with van der Waals surface area (Å²) < 4.78 is 0. The fourth-order valence-electron chi connectivity index (χ4n) is 5.01. The fourth-order valence-corrected chi connectivity index (χ4v) is 5.33. The van der Waals surface area contributed by atoms with E-state index in [1.54, 1.807) is 24.3 Å². The molecule has 30 heavy (non-hydrogen) atoms. The molecule has 0 aromatic heterocycles. The Morgan fingerprint density at radius 1 is 1.03 bits per heavy atom. The van der Waals surface area contributed by atoms with Crippen LogP contribution in [0.3, 0.4) is 0 Å².